The van der Waals surface area contributed by atoms with E-state index in [-0.39, 0.29) is 25.3 Å². The Morgan fingerprint density at radius 3 is 2.93 bits per heavy atom. The Bertz CT molecular complexity index is 310. The number of carboxylic acid groups (broad SMARTS) is 1. The third-order valence-corrected chi connectivity index (χ3v) is 2.12. The molecule has 0 bridgehead atoms. The van der Waals surface area contributed by atoms with E-state index in [9.17, 15) is 9.59 Å². The summed E-state index contributed by atoms with van der Waals surface area (Å²) in [6.45, 7) is 0.165. The highest BCUT2D eigenvalue weighted by atomic mass is 32.1. The lowest BCUT2D eigenvalue weighted by atomic mass is 10.3. The van der Waals surface area contributed by atoms with Crippen LogP contribution in [-0.2, 0) is 16.0 Å². The number of aliphatic carboxylic acids is 1. The maximum absolute atomic E-state index is 11.2. The molecule has 1 aromatic heterocycles. The summed E-state index contributed by atoms with van der Waals surface area (Å²) in [6.07, 6.45) is 0.159. The van der Waals surface area contributed by atoms with E-state index in [1.165, 1.54) is 11.3 Å². The van der Waals surface area contributed by atoms with Crippen LogP contribution in [0.15, 0.2) is 10.9 Å². The van der Waals surface area contributed by atoms with Crippen LogP contribution in [0.2, 0.25) is 0 Å². The molecule has 76 valence electrons. The number of carboxylic acids is 1. The normalized spacial score (nSPS) is 9.71. The van der Waals surface area contributed by atoms with Gasteiger partial charge in [0.15, 0.2) is 0 Å². The molecule has 6 heteroatoms. The maximum atomic E-state index is 11.2. The summed E-state index contributed by atoms with van der Waals surface area (Å²) in [6, 6.07) is 0. The predicted octanol–water partition coefficient (Wildman–Crippen LogP) is 0.277. The molecule has 0 fully saturated rings. The molecule has 14 heavy (non-hydrogen) atoms. The Hall–Kier alpha value is -1.43. The lowest BCUT2D eigenvalue weighted by Gasteiger charge is -2.00. The number of aromatic nitrogens is 1. The summed E-state index contributed by atoms with van der Waals surface area (Å²) in [5, 5.41) is 12.6. The topological polar surface area (TPSA) is 79.3 Å². The number of nitrogens with zero attached hydrogens (tertiary/aromatic N) is 1. The second-order valence-corrected chi connectivity index (χ2v) is 3.37. The molecule has 0 aliphatic heterocycles. The fourth-order valence-electron chi connectivity index (χ4n) is 0.861. The van der Waals surface area contributed by atoms with Crippen LogP contribution >= 0.6 is 11.3 Å². The molecular weight excluding hydrogens is 204 g/mol. The molecule has 0 saturated heterocycles. The zero-order chi connectivity index (χ0) is 10.4. The van der Waals surface area contributed by atoms with Gasteiger partial charge in [0.05, 0.1) is 24.0 Å². The number of rotatable bonds is 5. The molecule has 5 nitrogen and oxygen atoms in total. The Morgan fingerprint density at radius 1 is 1.57 bits per heavy atom. The van der Waals surface area contributed by atoms with Crippen LogP contribution in [0.5, 0.6) is 0 Å². The molecule has 2 N–H and O–H groups in total. The molecule has 1 aromatic rings. The first-order valence-corrected chi connectivity index (χ1v) is 4.98. The molecule has 1 heterocycles. The van der Waals surface area contributed by atoms with E-state index < -0.39 is 5.97 Å². The number of hydrogen-bond acceptors (Lipinski definition) is 4. The Balaban J connectivity index is 2.20. The quantitative estimate of drug-likeness (QED) is 0.737. The summed E-state index contributed by atoms with van der Waals surface area (Å²) >= 11 is 1.43. The lowest BCUT2D eigenvalue weighted by molar-refractivity contribution is -0.136. The molecule has 1 rings (SSSR count). The molecule has 0 unspecified atom stereocenters. The van der Waals surface area contributed by atoms with E-state index in [0.717, 1.165) is 0 Å². The van der Waals surface area contributed by atoms with E-state index >= 15 is 0 Å². The third kappa shape index (κ3) is 3.99. The molecular formula is C8H10N2O3S. The smallest absolute Gasteiger partial charge is 0.305 e. The van der Waals surface area contributed by atoms with Gasteiger partial charge in [0.25, 0.3) is 0 Å². The first-order valence-electron chi connectivity index (χ1n) is 4.04. The Kier molecular flexibility index (Phi) is 4.06. The van der Waals surface area contributed by atoms with Gasteiger partial charge in [-0.25, -0.2) is 4.98 Å². The van der Waals surface area contributed by atoms with Gasteiger partial charge in [-0.05, 0) is 0 Å². The van der Waals surface area contributed by atoms with Crippen LogP contribution in [0.1, 0.15) is 12.1 Å². The van der Waals surface area contributed by atoms with Gasteiger partial charge in [0.2, 0.25) is 5.91 Å². The highest BCUT2D eigenvalue weighted by molar-refractivity contribution is 7.07. The van der Waals surface area contributed by atoms with Crippen LogP contribution < -0.4 is 5.32 Å². The van der Waals surface area contributed by atoms with Crippen molar-refractivity contribution >= 4 is 23.2 Å². The fraction of sp³-hybridized carbons (Fsp3) is 0.375. The largest absolute Gasteiger partial charge is 0.481 e. The maximum Gasteiger partial charge on any atom is 0.305 e. The minimum Gasteiger partial charge on any atom is -0.481 e. The van der Waals surface area contributed by atoms with E-state index in [0.29, 0.717) is 5.69 Å². The van der Waals surface area contributed by atoms with Gasteiger partial charge in [-0.3, -0.25) is 9.59 Å². The summed E-state index contributed by atoms with van der Waals surface area (Å²) < 4.78 is 0. The van der Waals surface area contributed by atoms with Gasteiger partial charge in [0.1, 0.15) is 0 Å². The second kappa shape index (κ2) is 5.33. The zero-order valence-electron chi connectivity index (χ0n) is 7.40. The second-order valence-electron chi connectivity index (χ2n) is 2.65. The van der Waals surface area contributed by atoms with Crippen LogP contribution in [0.25, 0.3) is 0 Å². The summed E-state index contributed by atoms with van der Waals surface area (Å²) in [4.78, 5) is 25.2. The number of carbonyl (C=O) groups excluding carboxylic acids is 1. The van der Waals surface area contributed by atoms with Crippen molar-refractivity contribution in [2.24, 2.45) is 0 Å². The molecule has 1 amide bonds. The molecule has 0 aromatic carbocycles. The van der Waals surface area contributed by atoms with Crippen LogP contribution in [-0.4, -0.2) is 28.5 Å². The van der Waals surface area contributed by atoms with Gasteiger partial charge in [-0.15, -0.1) is 11.3 Å². The zero-order valence-corrected chi connectivity index (χ0v) is 8.21. The van der Waals surface area contributed by atoms with Crippen molar-refractivity contribution in [3.63, 3.8) is 0 Å². The number of carbonyl (C=O) groups is 2. The number of amides is 1. The molecule has 0 aliphatic rings. The number of thiazole rings is 1. The molecule has 0 atom stereocenters. The average molecular weight is 214 g/mol. The molecule has 0 radical (unpaired) electrons. The molecule has 0 spiro atoms. The minimum atomic E-state index is -0.918. The van der Waals surface area contributed by atoms with Crippen molar-refractivity contribution in [3.05, 3.63) is 16.6 Å². The van der Waals surface area contributed by atoms with Gasteiger partial charge in [-0.1, -0.05) is 0 Å². The molecule has 0 aliphatic carbocycles. The van der Waals surface area contributed by atoms with Gasteiger partial charge in [-0.2, -0.15) is 0 Å². The Labute approximate surface area is 84.8 Å². The standard InChI is InChI=1S/C8H10N2O3S/c11-7(9-2-1-8(12)13)3-6-4-14-5-10-6/h4-5H,1-3H2,(H,9,11)(H,12,13). The van der Waals surface area contributed by atoms with Crippen molar-refractivity contribution in [1.82, 2.24) is 10.3 Å². The number of nitrogens with one attached hydrogen (secondary N) is 1. The van der Waals surface area contributed by atoms with E-state index in [1.807, 2.05) is 0 Å². The SMILES string of the molecule is O=C(O)CCNC(=O)Cc1cscn1. The van der Waals surface area contributed by atoms with E-state index in [4.69, 9.17) is 5.11 Å². The van der Waals surface area contributed by atoms with E-state index in [1.54, 1.807) is 10.9 Å². The highest BCUT2D eigenvalue weighted by Crippen LogP contribution is 2.01. The molecule has 0 saturated carbocycles. The van der Waals surface area contributed by atoms with Crippen molar-refractivity contribution < 1.29 is 14.7 Å². The lowest BCUT2D eigenvalue weighted by Crippen LogP contribution is -2.27. The summed E-state index contributed by atoms with van der Waals surface area (Å²) in [5.74, 6) is -1.11. The average Bonchev–Trinajstić information content (AvgIpc) is 2.56. The fourth-order valence-corrected chi connectivity index (χ4v) is 1.42. The predicted molar refractivity (Wildman–Crippen MR) is 51.1 cm³/mol. The van der Waals surface area contributed by atoms with Crippen molar-refractivity contribution in [2.45, 2.75) is 12.8 Å². The Morgan fingerprint density at radius 2 is 2.36 bits per heavy atom. The van der Waals surface area contributed by atoms with Crippen molar-refractivity contribution in [3.8, 4) is 0 Å². The van der Waals surface area contributed by atoms with Crippen LogP contribution in [0.3, 0.4) is 0 Å². The van der Waals surface area contributed by atoms with Gasteiger partial charge >= 0.3 is 5.97 Å². The minimum absolute atomic E-state index is 0.0528. The van der Waals surface area contributed by atoms with E-state index in [2.05, 4.69) is 10.3 Å². The van der Waals surface area contributed by atoms with Crippen molar-refractivity contribution in [1.29, 1.82) is 0 Å². The monoisotopic (exact) mass is 214 g/mol. The van der Waals surface area contributed by atoms with Gasteiger partial charge < -0.3 is 10.4 Å². The first kappa shape index (κ1) is 10.6. The third-order valence-electron chi connectivity index (χ3n) is 1.49. The summed E-state index contributed by atoms with van der Waals surface area (Å²) in [7, 11) is 0. The number of hydrogen-bond donors (Lipinski definition) is 2. The van der Waals surface area contributed by atoms with Crippen molar-refractivity contribution in [2.75, 3.05) is 6.54 Å². The van der Waals surface area contributed by atoms with Crippen LogP contribution in [0.4, 0.5) is 0 Å². The highest BCUT2D eigenvalue weighted by Gasteiger charge is 2.04. The van der Waals surface area contributed by atoms with Crippen LogP contribution in [0, 0.1) is 0 Å². The summed E-state index contributed by atoms with van der Waals surface area (Å²) in [5.41, 5.74) is 2.36. The first-order chi connectivity index (χ1) is 6.68. The van der Waals surface area contributed by atoms with Gasteiger partial charge in [0, 0.05) is 11.9 Å².